The van der Waals surface area contributed by atoms with Crippen molar-refractivity contribution < 1.29 is 14.7 Å². The zero-order chi connectivity index (χ0) is 15.4. The van der Waals surface area contributed by atoms with Crippen LogP contribution in [0.3, 0.4) is 0 Å². The average molecular weight is 304 g/mol. The van der Waals surface area contributed by atoms with Crippen molar-refractivity contribution in [2.45, 2.75) is 13.5 Å². The van der Waals surface area contributed by atoms with Gasteiger partial charge in [0.05, 0.1) is 17.8 Å². The lowest BCUT2D eigenvalue weighted by atomic mass is 10.1. The third-order valence-electron chi connectivity index (χ3n) is 3.17. The number of hydrogen-bond acceptors (Lipinski definition) is 3. The smallest absolute Gasteiger partial charge is 0.337 e. The van der Waals surface area contributed by atoms with Gasteiger partial charge in [0.2, 0.25) is 0 Å². The Hall–Kier alpha value is -2.34. The number of amides is 2. The number of carbonyl (C=O) groups is 2. The second-order valence-electron chi connectivity index (χ2n) is 4.57. The van der Waals surface area contributed by atoms with Crippen molar-refractivity contribution in [3.8, 4) is 0 Å². The van der Waals surface area contributed by atoms with Crippen LogP contribution in [0.25, 0.3) is 0 Å². The Kier molecular flexibility index (Phi) is 4.59. The number of benzene rings is 1. The molecule has 1 heterocycles. The minimum Gasteiger partial charge on any atom is -0.478 e. The zero-order valence-corrected chi connectivity index (χ0v) is 12.6. The van der Waals surface area contributed by atoms with E-state index in [1.54, 1.807) is 36.6 Å². The van der Waals surface area contributed by atoms with Gasteiger partial charge >= 0.3 is 12.0 Å². The first-order valence-electron chi connectivity index (χ1n) is 6.37. The van der Waals surface area contributed by atoms with Crippen LogP contribution in [0.4, 0.5) is 10.5 Å². The molecule has 110 valence electrons. The van der Waals surface area contributed by atoms with Gasteiger partial charge in [-0.3, -0.25) is 4.90 Å². The normalized spacial score (nSPS) is 10.2. The van der Waals surface area contributed by atoms with Crippen LogP contribution in [0, 0.1) is 6.92 Å². The fourth-order valence-electron chi connectivity index (χ4n) is 1.92. The zero-order valence-electron chi connectivity index (χ0n) is 11.8. The Morgan fingerprint density at radius 2 is 2.00 bits per heavy atom. The molecule has 0 radical (unpaired) electrons. The molecule has 0 unspecified atom stereocenters. The predicted octanol–water partition coefficient (Wildman–Crippen LogP) is 3.10. The van der Waals surface area contributed by atoms with Crippen molar-refractivity contribution >= 4 is 29.0 Å². The van der Waals surface area contributed by atoms with E-state index in [1.165, 1.54) is 11.0 Å². The number of carboxylic acid groups (broad SMARTS) is 1. The Morgan fingerprint density at radius 3 is 2.62 bits per heavy atom. The molecular formula is C15H16N2O3S. The first-order valence-corrected chi connectivity index (χ1v) is 7.25. The number of aromatic carboxylic acids is 1. The van der Waals surface area contributed by atoms with Crippen molar-refractivity contribution in [3.05, 3.63) is 51.7 Å². The van der Waals surface area contributed by atoms with E-state index in [1.807, 2.05) is 18.4 Å². The summed E-state index contributed by atoms with van der Waals surface area (Å²) < 4.78 is 0. The second-order valence-corrected chi connectivity index (χ2v) is 5.57. The van der Waals surface area contributed by atoms with Crippen LogP contribution in [0.15, 0.2) is 35.7 Å². The largest absolute Gasteiger partial charge is 0.478 e. The number of anilines is 1. The van der Waals surface area contributed by atoms with Crippen molar-refractivity contribution in [3.63, 3.8) is 0 Å². The molecule has 2 aromatic rings. The highest BCUT2D eigenvalue weighted by atomic mass is 32.1. The van der Waals surface area contributed by atoms with E-state index in [2.05, 4.69) is 5.32 Å². The number of carboxylic acids is 1. The highest BCUT2D eigenvalue weighted by Crippen LogP contribution is 2.20. The van der Waals surface area contributed by atoms with E-state index in [0.717, 1.165) is 10.4 Å². The van der Waals surface area contributed by atoms with Gasteiger partial charge in [0.15, 0.2) is 0 Å². The van der Waals surface area contributed by atoms with Gasteiger partial charge in [-0.25, -0.2) is 9.59 Å². The number of hydrogen-bond donors (Lipinski definition) is 2. The lowest BCUT2D eigenvalue weighted by Gasteiger charge is -2.19. The molecule has 2 N–H and O–H groups in total. The molecule has 0 saturated heterocycles. The molecule has 0 bridgehead atoms. The van der Waals surface area contributed by atoms with Crippen LogP contribution in [-0.4, -0.2) is 24.2 Å². The van der Waals surface area contributed by atoms with Gasteiger partial charge in [-0.2, -0.15) is 0 Å². The molecule has 1 aromatic heterocycles. The summed E-state index contributed by atoms with van der Waals surface area (Å²) in [5, 5.41) is 13.9. The van der Waals surface area contributed by atoms with Gasteiger partial charge in [-0.05, 0) is 36.1 Å². The number of para-hydroxylation sites is 1. The molecule has 5 nitrogen and oxygen atoms in total. The summed E-state index contributed by atoms with van der Waals surface area (Å²) in [4.78, 5) is 25.7. The van der Waals surface area contributed by atoms with Crippen LogP contribution in [0.1, 0.15) is 20.8 Å². The quantitative estimate of drug-likeness (QED) is 0.912. The standard InChI is InChI=1S/C15H16N2O3S/c1-10-7-8-21-13(10)9-16-15(20)17(2)12-6-4-3-5-11(12)14(18)19/h3-8H,9H2,1-2H3,(H,16,20)(H,18,19). The lowest BCUT2D eigenvalue weighted by Crippen LogP contribution is -2.37. The van der Waals surface area contributed by atoms with E-state index in [0.29, 0.717) is 12.2 Å². The molecule has 0 atom stereocenters. The molecule has 0 aliphatic carbocycles. The number of nitrogens with zero attached hydrogens (tertiary/aromatic N) is 1. The van der Waals surface area contributed by atoms with E-state index in [4.69, 9.17) is 5.11 Å². The second kappa shape index (κ2) is 6.41. The van der Waals surface area contributed by atoms with E-state index < -0.39 is 5.97 Å². The molecule has 0 fully saturated rings. The van der Waals surface area contributed by atoms with Crippen LogP contribution in [0.5, 0.6) is 0 Å². The van der Waals surface area contributed by atoms with Crippen LogP contribution in [0.2, 0.25) is 0 Å². The molecule has 21 heavy (non-hydrogen) atoms. The molecule has 2 amide bonds. The van der Waals surface area contributed by atoms with Crippen LogP contribution < -0.4 is 10.2 Å². The highest BCUT2D eigenvalue weighted by Gasteiger charge is 2.17. The Bertz CT molecular complexity index is 666. The first kappa shape index (κ1) is 15.1. The highest BCUT2D eigenvalue weighted by molar-refractivity contribution is 7.10. The van der Waals surface area contributed by atoms with Crippen LogP contribution >= 0.6 is 11.3 Å². The summed E-state index contributed by atoms with van der Waals surface area (Å²) >= 11 is 1.58. The summed E-state index contributed by atoms with van der Waals surface area (Å²) in [6, 6.07) is 8.08. The number of rotatable bonds is 4. The Morgan fingerprint density at radius 1 is 1.29 bits per heavy atom. The number of aryl methyl sites for hydroxylation is 1. The average Bonchev–Trinajstić information content (AvgIpc) is 2.89. The maximum Gasteiger partial charge on any atom is 0.337 e. The van der Waals surface area contributed by atoms with E-state index >= 15 is 0 Å². The van der Waals surface area contributed by atoms with Gasteiger partial charge in [0.1, 0.15) is 0 Å². The summed E-state index contributed by atoms with van der Waals surface area (Å²) in [7, 11) is 1.55. The van der Waals surface area contributed by atoms with Gasteiger partial charge in [0.25, 0.3) is 0 Å². The molecule has 0 aliphatic heterocycles. The van der Waals surface area contributed by atoms with Gasteiger partial charge < -0.3 is 10.4 Å². The van der Waals surface area contributed by atoms with Gasteiger partial charge in [-0.15, -0.1) is 11.3 Å². The topological polar surface area (TPSA) is 69.6 Å². The maximum atomic E-state index is 12.2. The SMILES string of the molecule is Cc1ccsc1CNC(=O)N(C)c1ccccc1C(=O)O. The number of thiophene rings is 1. The minimum absolute atomic E-state index is 0.0995. The molecule has 0 spiro atoms. The molecule has 0 saturated carbocycles. The fourth-order valence-corrected chi connectivity index (χ4v) is 2.76. The fraction of sp³-hybridized carbons (Fsp3) is 0.200. The number of nitrogens with one attached hydrogen (secondary N) is 1. The molecule has 2 rings (SSSR count). The van der Waals surface area contributed by atoms with E-state index in [9.17, 15) is 9.59 Å². The molecular weight excluding hydrogens is 288 g/mol. The predicted molar refractivity (Wildman–Crippen MR) is 83.1 cm³/mol. The third kappa shape index (κ3) is 3.41. The van der Waals surface area contributed by atoms with Gasteiger partial charge in [-0.1, -0.05) is 12.1 Å². The van der Waals surface area contributed by atoms with Crippen molar-refractivity contribution in [2.24, 2.45) is 0 Å². The number of carbonyl (C=O) groups excluding carboxylic acids is 1. The van der Waals surface area contributed by atoms with Gasteiger partial charge in [0, 0.05) is 11.9 Å². The van der Waals surface area contributed by atoms with Crippen LogP contribution in [-0.2, 0) is 6.54 Å². The summed E-state index contributed by atoms with van der Waals surface area (Å²) in [5.41, 5.74) is 1.60. The number of urea groups is 1. The maximum absolute atomic E-state index is 12.2. The third-order valence-corrected chi connectivity index (χ3v) is 4.19. The van der Waals surface area contributed by atoms with E-state index in [-0.39, 0.29) is 11.6 Å². The molecule has 6 heteroatoms. The van der Waals surface area contributed by atoms with Crippen molar-refractivity contribution in [1.29, 1.82) is 0 Å². The Labute approximate surface area is 126 Å². The molecule has 1 aromatic carbocycles. The minimum atomic E-state index is -1.06. The summed E-state index contributed by atoms with van der Waals surface area (Å²) in [6.07, 6.45) is 0. The Balaban J connectivity index is 2.09. The summed E-state index contributed by atoms with van der Waals surface area (Å²) in [5.74, 6) is -1.06. The van der Waals surface area contributed by atoms with Crippen molar-refractivity contribution in [2.75, 3.05) is 11.9 Å². The first-order chi connectivity index (χ1) is 10.0. The summed E-state index contributed by atoms with van der Waals surface area (Å²) in [6.45, 7) is 2.42. The lowest BCUT2D eigenvalue weighted by molar-refractivity contribution is 0.0697. The monoisotopic (exact) mass is 304 g/mol. The van der Waals surface area contributed by atoms with Crippen molar-refractivity contribution in [1.82, 2.24) is 5.32 Å². The molecule has 0 aliphatic rings.